The van der Waals surface area contributed by atoms with Gasteiger partial charge in [0.15, 0.2) is 6.61 Å². The summed E-state index contributed by atoms with van der Waals surface area (Å²) in [6.07, 6.45) is 3.21. The number of hydrogen-bond acceptors (Lipinski definition) is 5. The summed E-state index contributed by atoms with van der Waals surface area (Å²) in [5, 5.41) is 2.71. The van der Waals surface area contributed by atoms with E-state index in [2.05, 4.69) is 24.1 Å². The van der Waals surface area contributed by atoms with Gasteiger partial charge in [-0.25, -0.2) is 0 Å². The molecule has 142 valence electrons. The second-order valence-corrected chi connectivity index (χ2v) is 8.09. The highest BCUT2D eigenvalue weighted by Gasteiger charge is 2.19. The molecule has 0 saturated carbocycles. The molecule has 2 rings (SSSR count). The number of benzene rings is 1. The molecule has 1 heterocycles. The van der Waals surface area contributed by atoms with Gasteiger partial charge >= 0.3 is 5.97 Å². The van der Waals surface area contributed by atoms with Gasteiger partial charge in [0, 0.05) is 18.8 Å². The molecule has 1 amide bonds. The molecule has 7 heteroatoms. The molecular weight excluding hydrogens is 368 g/mol. The number of rotatable bonds is 6. The van der Waals surface area contributed by atoms with Gasteiger partial charge in [-0.15, -0.1) is 0 Å². The van der Waals surface area contributed by atoms with E-state index in [4.69, 9.17) is 17.0 Å². The number of carbonyl (C=O) groups is 2. The van der Waals surface area contributed by atoms with E-state index in [1.165, 1.54) is 17.3 Å². The van der Waals surface area contributed by atoms with E-state index in [0.29, 0.717) is 5.69 Å². The smallest absolute Gasteiger partial charge is 0.316 e. The quantitative estimate of drug-likeness (QED) is 0.589. The molecule has 1 aliphatic rings. The molecule has 0 spiro atoms. The van der Waals surface area contributed by atoms with E-state index in [9.17, 15) is 9.59 Å². The minimum Gasteiger partial charge on any atom is -0.455 e. The maximum atomic E-state index is 11.9. The summed E-state index contributed by atoms with van der Waals surface area (Å²) < 4.78 is 5.76. The average molecular weight is 395 g/mol. The van der Waals surface area contributed by atoms with Crippen molar-refractivity contribution in [1.82, 2.24) is 4.90 Å². The maximum Gasteiger partial charge on any atom is 0.316 e. The van der Waals surface area contributed by atoms with Crippen LogP contribution in [0, 0.1) is 5.92 Å². The lowest BCUT2D eigenvalue weighted by Crippen LogP contribution is -2.35. The number of thioether (sulfide) groups is 1. The molecule has 1 aromatic carbocycles. The van der Waals surface area contributed by atoms with Crippen LogP contribution in [0.3, 0.4) is 0 Å². The van der Waals surface area contributed by atoms with Crippen molar-refractivity contribution in [2.75, 3.05) is 30.8 Å². The Bertz CT molecular complexity index is 626. The van der Waals surface area contributed by atoms with Crippen LogP contribution < -0.4 is 5.32 Å². The zero-order valence-electron chi connectivity index (χ0n) is 15.3. The number of aryl methyl sites for hydroxylation is 1. The van der Waals surface area contributed by atoms with E-state index in [0.717, 1.165) is 42.6 Å². The Balaban J connectivity index is 1.64. The maximum absolute atomic E-state index is 11.9. The van der Waals surface area contributed by atoms with Crippen molar-refractivity contribution in [3.63, 3.8) is 0 Å². The predicted molar refractivity (Wildman–Crippen MR) is 110 cm³/mol. The van der Waals surface area contributed by atoms with Gasteiger partial charge in [-0.2, -0.15) is 0 Å². The minimum atomic E-state index is -0.431. The van der Waals surface area contributed by atoms with Crippen LogP contribution in [-0.2, 0) is 20.7 Å². The number of ether oxygens (including phenoxy) is 1. The number of hydrogen-bond donors (Lipinski definition) is 1. The van der Waals surface area contributed by atoms with Crippen molar-refractivity contribution in [3.8, 4) is 0 Å². The monoisotopic (exact) mass is 394 g/mol. The lowest BCUT2D eigenvalue weighted by molar-refractivity contribution is -0.144. The summed E-state index contributed by atoms with van der Waals surface area (Å²) in [5.74, 6) is 0.0868. The van der Waals surface area contributed by atoms with E-state index in [1.54, 1.807) is 0 Å². The molecular formula is C19H26N2O3S2. The van der Waals surface area contributed by atoms with Gasteiger partial charge in [0.05, 0.1) is 5.75 Å². The lowest BCUT2D eigenvalue weighted by Gasteiger charge is -2.31. The molecule has 0 aromatic heterocycles. The minimum absolute atomic E-state index is 0.128. The Kier molecular flexibility index (Phi) is 8.38. The van der Waals surface area contributed by atoms with Gasteiger partial charge in [-0.05, 0) is 42.9 Å². The zero-order valence-corrected chi connectivity index (χ0v) is 17.0. The Hall–Kier alpha value is -1.60. The molecule has 0 atom stereocenters. The number of piperidine rings is 1. The van der Waals surface area contributed by atoms with Gasteiger partial charge in [0.1, 0.15) is 4.32 Å². The first-order valence-electron chi connectivity index (χ1n) is 8.94. The van der Waals surface area contributed by atoms with Crippen molar-refractivity contribution in [2.45, 2.75) is 33.1 Å². The molecule has 0 radical (unpaired) electrons. The SMILES string of the molecule is CCc1ccc(NC(=O)COC(=O)CSC(=S)N2CCC(C)CC2)cc1. The average Bonchev–Trinajstić information content (AvgIpc) is 2.65. The third kappa shape index (κ3) is 6.96. The number of anilines is 1. The van der Waals surface area contributed by atoms with Gasteiger partial charge < -0.3 is 15.0 Å². The summed E-state index contributed by atoms with van der Waals surface area (Å²) in [7, 11) is 0. The molecule has 1 saturated heterocycles. The summed E-state index contributed by atoms with van der Waals surface area (Å²) in [6.45, 7) is 5.92. The van der Waals surface area contributed by atoms with E-state index in [1.807, 2.05) is 24.3 Å². The van der Waals surface area contributed by atoms with Crippen molar-refractivity contribution in [3.05, 3.63) is 29.8 Å². The fraction of sp³-hybridized carbons (Fsp3) is 0.526. The topological polar surface area (TPSA) is 58.6 Å². The van der Waals surface area contributed by atoms with Gasteiger partial charge in [0.25, 0.3) is 5.91 Å². The van der Waals surface area contributed by atoms with Crippen LogP contribution >= 0.6 is 24.0 Å². The zero-order chi connectivity index (χ0) is 18.9. The van der Waals surface area contributed by atoms with Crippen molar-refractivity contribution in [1.29, 1.82) is 0 Å². The first-order chi connectivity index (χ1) is 12.5. The fourth-order valence-corrected chi connectivity index (χ4v) is 3.66. The molecule has 0 unspecified atom stereocenters. The second-order valence-electron chi connectivity index (χ2n) is 6.48. The number of carbonyl (C=O) groups excluding carboxylic acids is 2. The van der Waals surface area contributed by atoms with Crippen molar-refractivity contribution in [2.24, 2.45) is 5.92 Å². The number of amides is 1. The van der Waals surface area contributed by atoms with Gasteiger partial charge in [-0.3, -0.25) is 9.59 Å². The summed E-state index contributed by atoms with van der Waals surface area (Å²) in [5.41, 5.74) is 1.89. The van der Waals surface area contributed by atoms with Crippen LogP contribution in [0.25, 0.3) is 0 Å². The van der Waals surface area contributed by atoms with Gasteiger partial charge in [0.2, 0.25) is 0 Å². The lowest BCUT2D eigenvalue weighted by atomic mass is 10.00. The first kappa shape index (κ1) is 20.7. The molecule has 0 bridgehead atoms. The third-order valence-corrected chi connectivity index (χ3v) is 5.86. The number of nitrogens with one attached hydrogen (secondary N) is 1. The molecule has 26 heavy (non-hydrogen) atoms. The number of likely N-dealkylation sites (tertiary alicyclic amines) is 1. The Morgan fingerprint density at radius 2 is 1.92 bits per heavy atom. The molecule has 1 aliphatic heterocycles. The van der Waals surface area contributed by atoms with Crippen molar-refractivity contribution < 1.29 is 14.3 Å². The van der Waals surface area contributed by atoms with Crippen LogP contribution in [-0.4, -0.2) is 46.5 Å². The molecule has 5 nitrogen and oxygen atoms in total. The second kappa shape index (κ2) is 10.5. The standard InChI is InChI=1S/C19H26N2O3S2/c1-3-15-4-6-16(7-5-15)20-17(22)12-24-18(23)13-26-19(25)21-10-8-14(2)9-11-21/h4-7,14H,3,8-13H2,1-2H3,(H,20,22). The molecule has 0 aliphatic carbocycles. The Labute approximate surface area is 164 Å². The number of thiocarbonyl (C=S) groups is 1. The summed E-state index contributed by atoms with van der Waals surface area (Å²) >= 11 is 6.68. The highest BCUT2D eigenvalue weighted by atomic mass is 32.2. The summed E-state index contributed by atoms with van der Waals surface area (Å²) in [4.78, 5) is 25.8. The van der Waals surface area contributed by atoms with Crippen LogP contribution in [0.2, 0.25) is 0 Å². The summed E-state index contributed by atoms with van der Waals surface area (Å²) in [6, 6.07) is 7.60. The Morgan fingerprint density at radius 3 is 2.54 bits per heavy atom. The van der Waals surface area contributed by atoms with E-state index < -0.39 is 5.97 Å². The largest absolute Gasteiger partial charge is 0.455 e. The normalized spacial score (nSPS) is 14.8. The highest BCUT2D eigenvalue weighted by Crippen LogP contribution is 2.20. The number of esters is 1. The van der Waals surface area contributed by atoms with E-state index in [-0.39, 0.29) is 18.3 Å². The fourth-order valence-electron chi connectivity index (χ4n) is 2.61. The van der Waals surface area contributed by atoms with E-state index >= 15 is 0 Å². The highest BCUT2D eigenvalue weighted by molar-refractivity contribution is 8.23. The molecule has 1 fully saturated rings. The van der Waals surface area contributed by atoms with Crippen LogP contribution in [0.4, 0.5) is 5.69 Å². The van der Waals surface area contributed by atoms with Crippen LogP contribution in [0.1, 0.15) is 32.3 Å². The van der Waals surface area contributed by atoms with Crippen LogP contribution in [0.5, 0.6) is 0 Å². The molecule has 1 N–H and O–H groups in total. The van der Waals surface area contributed by atoms with Crippen molar-refractivity contribution >= 4 is 45.9 Å². The Morgan fingerprint density at radius 1 is 1.27 bits per heavy atom. The first-order valence-corrected chi connectivity index (χ1v) is 10.3. The third-order valence-electron chi connectivity index (χ3n) is 4.37. The van der Waals surface area contributed by atoms with Crippen LogP contribution in [0.15, 0.2) is 24.3 Å². The molecule has 1 aromatic rings. The number of nitrogens with zero attached hydrogens (tertiary/aromatic N) is 1. The van der Waals surface area contributed by atoms with Gasteiger partial charge in [-0.1, -0.05) is 50.0 Å². The predicted octanol–water partition coefficient (Wildman–Crippen LogP) is 3.48.